The lowest BCUT2D eigenvalue weighted by molar-refractivity contribution is 0.363. The normalized spacial score (nSPS) is 15.6. The Morgan fingerprint density at radius 1 is 1.50 bits per heavy atom. The third-order valence-electron chi connectivity index (χ3n) is 3.34. The summed E-state index contributed by atoms with van der Waals surface area (Å²) < 4.78 is 25.4. The van der Waals surface area contributed by atoms with Gasteiger partial charge in [-0.25, -0.2) is 8.42 Å². The third-order valence-corrected chi connectivity index (χ3v) is 5.26. The molecule has 1 heterocycles. The smallest absolute Gasteiger partial charge is 0.151 e. The molecule has 0 aromatic carbocycles. The quantitative estimate of drug-likeness (QED) is 0.804. The number of nitrogens with zero attached hydrogens (tertiary/aromatic N) is 3. The number of likely N-dealkylation sites (N-methyl/N-ethyl adjacent to an activating group) is 1. The van der Waals surface area contributed by atoms with Crippen molar-refractivity contribution in [1.29, 1.82) is 0 Å². The molecule has 6 nitrogen and oxygen atoms in total. The Morgan fingerprint density at radius 2 is 2.10 bits per heavy atom. The Kier molecular flexibility index (Phi) is 6.00. The van der Waals surface area contributed by atoms with Crippen LogP contribution in [0.3, 0.4) is 0 Å². The van der Waals surface area contributed by atoms with E-state index < -0.39 is 15.1 Å². The topological polar surface area (TPSA) is 67.2 Å². The summed E-state index contributed by atoms with van der Waals surface area (Å²) in [5.41, 5.74) is 0.717. The van der Waals surface area contributed by atoms with Crippen LogP contribution in [-0.4, -0.2) is 62.3 Å². The van der Waals surface area contributed by atoms with Crippen LogP contribution in [0.5, 0.6) is 0 Å². The van der Waals surface area contributed by atoms with Crippen LogP contribution in [0.2, 0.25) is 5.02 Å². The molecule has 116 valence electrons. The number of halogens is 1. The van der Waals surface area contributed by atoms with Gasteiger partial charge in [0.15, 0.2) is 9.84 Å². The van der Waals surface area contributed by atoms with E-state index in [1.165, 1.54) is 6.26 Å². The average Bonchev–Trinajstić information content (AvgIpc) is 2.68. The summed E-state index contributed by atoms with van der Waals surface area (Å²) in [6, 6.07) is -0.387. The molecular weight excluding hydrogens is 300 g/mol. The minimum absolute atomic E-state index is 0.387. The highest BCUT2D eigenvalue weighted by atomic mass is 35.5. The van der Waals surface area contributed by atoms with Crippen LogP contribution < -0.4 is 5.32 Å². The molecule has 0 aliphatic heterocycles. The molecule has 0 amide bonds. The van der Waals surface area contributed by atoms with Crippen molar-refractivity contribution in [3.8, 4) is 0 Å². The van der Waals surface area contributed by atoms with Gasteiger partial charge >= 0.3 is 0 Å². The lowest BCUT2D eigenvalue weighted by Gasteiger charge is -2.24. The molecule has 8 heteroatoms. The largest absolute Gasteiger partial charge is 0.311 e. The molecule has 0 aliphatic carbocycles. The Balaban J connectivity index is 3.12. The Bertz CT molecular complexity index is 542. The summed E-state index contributed by atoms with van der Waals surface area (Å²) in [6.07, 6.45) is 2.79. The zero-order chi connectivity index (χ0) is 15.5. The first-order valence-electron chi connectivity index (χ1n) is 6.40. The van der Waals surface area contributed by atoms with Gasteiger partial charge in [-0.2, -0.15) is 5.10 Å². The lowest BCUT2D eigenvalue weighted by atomic mass is 10.1. The van der Waals surface area contributed by atoms with Gasteiger partial charge in [0, 0.05) is 12.8 Å². The number of rotatable bonds is 7. The van der Waals surface area contributed by atoms with Crippen molar-refractivity contribution in [1.82, 2.24) is 20.0 Å². The molecule has 20 heavy (non-hydrogen) atoms. The molecule has 0 saturated heterocycles. The molecule has 0 fully saturated rings. The molecule has 1 rings (SSSR count). The molecule has 1 aromatic heterocycles. The van der Waals surface area contributed by atoms with Crippen LogP contribution >= 0.6 is 11.6 Å². The van der Waals surface area contributed by atoms with Crippen LogP contribution in [0.25, 0.3) is 0 Å². The van der Waals surface area contributed by atoms with Gasteiger partial charge in [0.2, 0.25) is 0 Å². The zero-order valence-electron chi connectivity index (χ0n) is 12.6. The van der Waals surface area contributed by atoms with Gasteiger partial charge in [0.05, 0.1) is 34.7 Å². The van der Waals surface area contributed by atoms with E-state index in [0.29, 0.717) is 17.3 Å². The minimum atomic E-state index is -3.18. The van der Waals surface area contributed by atoms with Crippen molar-refractivity contribution >= 4 is 21.4 Å². The number of nitrogens with one attached hydrogen (secondary N) is 1. The molecular formula is C12H23ClN4O2S. The molecule has 2 unspecified atom stereocenters. The highest BCUT2D eigenvalue weighted by molar-refractivity contribution is 7.91. The molecule has 2 atom stereocenters. The van der Waals surface area contributed by atoms with Gasteiger partial charge < -0.3 is 10.2 Å². The molecule has 1 aromatic rings. The summed E-state index contributed by atoms with van der Waals surface area (Å²) >= 11 is 6.20. The van der Waals surface area contributed by atoms with E-state index in [0.717, 1.165) is 6.54 Å². The highest BCUT2D eigenvalue weighted by Crippen LogP contribution is 2.27. The van der Waals surface area contributed by atoms with Crippen LogP contribution in [-0.2, 0) is 16.4 Å². The van der Waals surface area contributed by atoms with E-state index >= 15 is 0 Å². The summed E-state index contributed by atoms with van der Waals surface area (Å²) in [6.45, 7) is 3.13. The summed E-state index contributed by atoms with van der Waals surface area (Å²) in [7, 11) is 2.49. The fraction of sp³-hybridized carbons (Fsp3) is 0.750. The van der Waals surface area contributed by atoms with Crippen molar-refractivity contribution in [2.75, 3.05) is 33.9 Å². The van der Waals surface area contributed by atoms with Gasteiger partial charge in [-0.15, -0.1) is 0 Å². The van der Waals surface area contributed by atoms with Crippen LogP contribution in [0.15, 0.2) is 6.20 Å². The maximum absolute atomic E-state index is 11.8. The van der Waals surface area contributed by atoms with E-state index in [4.69, 9.17) is 11.6 Å². The van der Waals surface area contributed by atoms with E-state index in [1.807, 2.05) is 19.0 Å². The third kappa shape index (κ3) is 4.18. The van der Waals surface area contributed by atoms with Crippen molar-refractivity contribution in [2.24, 2.45) is 0 Å². The molecule has 0 spiro atoms. The maximum atomic E-state index is 11.8. The van der Waals surface area contributed by atoms with Crippen LogP contribution in [0.4, 0.5) is 0 Å². The SMILES string of the molecule is CNC(c1c(Cl)cnn1CCN(C)C)C(C)S(C)(=O)=O. The molecule has 0 radical (unpaired) electrons. The summed E-state index contributed by atoms with van der Waals surface area (Å²) in [5, 5.41) is 7.19. The minimum Gasteiger partial charge on any atom is -0.311 e. The first-order valence-corrected chi connectivity index (χ1v) is 8.73. The second-order valence-electron chi connectivity index (χ2n) is 5.21. The lowest BCUT2D eigenvalue weighted by Crippen LogP contribution is -2.35. The predicted molar refractivity (Wildman–Crippen MR) is 81.9 cm³/mol. The second kappa shape index (κ2) is 6.89. The van der Waals surface area contributed by atoms with E-state index in [2.05, 4.69) is 10.4 Å². The number of hydrogen-bond donors (Lipinski definition) is 1. The van der Waals surface area contributed by atoms with Crippen LogP contribution in [0, 0.1) is 0 Å². The standard InChI is InChI=1S/C12H23ClN4O2S/c1-9(20(5,18)19)11(14-2)12-10(13)8-15-17(12)7-6-16(3)4/h8-9,11,14H,6-7H2,1-5H3. The number of hydrogen-bond acceptors (Lipinski definition) is 5. The van der Waals surface area contributed by atoms with Gasteiger partial charge in [-0.1, -0.05) is 11.6 Å². The van der Waals surface area contributed by atoms with Crippen LogP contribution in [0.1, 0.15) is 18.7 Å². The Labute approximate surface area is 126 Å². The molecule has 0 bridgehead atoms. The van der Waals surface area contributed by atoms with Crippen molar-refractivity contribution < 1.29 is 8.42 Å². The Morgan fingerprint density at radius 3 is 2.55 bits per heavy atom. The van der Waals surface area contributed by atoms with E-state index in [1.54, 1.807) is 24.9 Å². The highest BCUT2D eigenvalue weighted by Gasteiger charge is 2.30. The van der Waals surface area contributed by atoms with Crippen molar-refractivity contribution in [3.63, 3.8) is 0 Å². The second-order valence-corrected chi connectivity index (χ2v) is 8.01. The van der Waals surface area contributed by atoms with Gasteiger partial charge in [0.1, 0.15) is 0 Å². The van der Waals surface area contributed by atoms with E-state index in [-0.39, 0.29) is 6.04 Å². The van der Waals surface area contributed by atoms with Gasteiger partial charge in [-0.05, 0) is 28.1 Å². The summed E-state index contributed by atoms with van der Waals surface area (Å²) in [5.74, 6) is 0. The van der Waals surface area contributed by atoms with Gasteiger partial charge in [-0.3, -0.25) is 4.68 Å². The average molecular weight is 323 g/mol. The fourth-order valence-corrected chi connectivity index (χ4v) is 3.01. The fourth-order valence-electron chi connectivity index (χ4n) is 1.99. The Hall–Kier alpha value is -0.630. The summed E-state index contributed by atoms with van der Waals surface area (Å²) in [4.78, 5) is 2.04. The van der Waals surface area contributed by atoms with E-state index in [9.17, 15) is 8.42 Å². The number of aromatic nitrogens is 2. The zero-order valence-corrected chi connectivity index (χ0v) is 14.2. The maximum Gasteiger partial charge on any atom is 0.151 e. The van der Waals surface area contributed by atoms with Crippen molar-refractivity contribution in [2.45, 2.75) is 24.8 Å². The van der Waals surface area contributed by atoms with Gasteiger partial charge in [0.25, 0.3) is 0 Å². The molecule has 0 saturated carbocycles. The first kappa shape index (κ1) is 17.4. The molecule has 0 aliphatic rings. The monoisotopic (exact) mass is 322 g/mol. The predicted octanol–water partition coefficient (Wildman–Crippen LogP) is 0.792. The number of sulfone groups is 1. The van der Waals surface area contributed by atoms with Crippen molar-refractivity contribution in [3.05, 3.63) is 16.9 Å². The first-order chi connectivity index (χ1) is 9.18. The molecule has 1 N–H and O–H groups in total.